The Bertz CT molecular complexity index is 582. The summed E-state index contributed by atoms with van der Waals surface area (Å²) >= 11 is 0. The molecule has 1 aromatic rings. The summed E-state index contributed by atoms with van der Waals surface area (Å²) in [6, 6.07) is 8.03. The molecule has 0 bridgehead atoms. The van der Waals surface area contributed by atoms with Crippen LogP contribution in [0.3, 0.4) is 0 Å². The van der Waals surface area contributed by atoms with Crippen molar-refractivity contribution in [1.29, 1.82) is 0 Å². The van der Waals surface area contributed by atoms with E-state index in [0.717, 1.165) is 11.0 Å². The van der Waals surface area contributed by atoms with Crippen molar-refractivity contribution in [2.24, 2.45) is 0 Å². The van der Waals surface area contributed by atoms with Crippen molar-refractivity contribution in [3.63, 3.8) is 0 Å². The van der Waals surface area contributed by atoms with Crippen molar-refractivity contribution < 1.29 is 23.9 Å². The third-order valence-electron chi connectivity index (χ3n) is 3.75. The molecule has 0 heterocycles. The molecule has 0 aliphatic heterocycles. The Balaban J connectivity index is 2.92. The first kappa shape index (κ1) is 20.7. The second kappa shape index (κ2) is 9.86. The monoisotopic (exact) mass is 346 g/mol. The summed E-state index contributed by atoms with van der Waals surface area (Å²) in [7, 11) is 2.01. The van der Waals surface area contributed by atoms with Crippen LogP contribution in [0.5, 0.6) is 0 Å². The second-order valence-corrected chi connectivity index (χ2v) is 6.05. The fraction of sp³-hybridized carbons (Fsp3) is 0.500. The Kier molecular flexibility index (Phi) is 8.18. The van der Waals surface area contributed by atoms with Crippen LogP contribution in [-0.2, 0) is 30.3 Å². The highest BCUT2D eigenvalue weighted by Crippen LogP contribution is 2.17. The predicted molar refractivity (Wildman–Crippen MR) is 95.8 cm³/mol. The zero-order valence-electron chi connectivity index (χ0n) is 15.3. The standard InChI is InChI=1S/C18H25BNO5/c1-13(21)20-18(11-24-14(2)22,12-25-15(3)23)10-9-16-5-7-17(19-4)8-6-16/h5-8H,9-12H2,1-4H3,(H,20,21). The smallest absolute Gasteiger partial charge is 0.302 e. The topological polar surface area (TPSA) is 81.7 Å². The molecule has 7 heteroatoms. The number of esters is 2. The molecule has 0 atom stereocenters. The van der Waals surface area contributed by atoms with E-state index in [9.17, 15) is 14.4 Å². The predicted octanol–water partition coefficient (Wildman–Crippen LogP) is 0.998. The van der Waals surface area contributed by atoms with Gasteiger partial charge in [-0.3, -0.25) is 14.4 Å². The minimum Gasteiger partial charge on any atom is -0.463 e. The van der Waals surface area contributed by atoms with Crippen molar-refractivity contribution in [3.8, 4) is 0 Å². The molecule has 1 rings (SSSR count). The van der Waals surface area contributed by atoms with E-state index in [2.05, 4.69) is 5.32 Å². The van der Waals surface area contributed by atoms with Crippen molar-refractivity contribution in [2.45, 2.75) is 46.0 Å². The number of amides is 1. The maximum Gasteiger partial charge on any atom is 0.302 e. The highest BCUT2D eigenvalue weighted by Gasteiger charge is 2.34. The first-order valence-corrected chi connectivity index (χ1v) is 8.20. The normalized spacial score (nSPS) is 10.7. The number of carbonyl (C=O) groups is 3. The highest BCUT2D eigenvalue weighted by molar-refractivity contribution is 6.51. The molecular formula is C18H25BNO5. The summed E-state index contributed by atoms with van der Waals surface area (Å²) in [5, 5.41) is 2.80. The van der Waals surface area contributed by atoms with E-state index in [0.29, 0.717) is 12.8 Å². The van der Waals surface area contributed by atoms with Crippen LogP contribution in [0.25, 0.3) is 0 Å². The molecule has 135 valence electrons. The van der Waals surface area contributed by atoms with Gasteiger partial charge in [-0.2, -0.15) is 0 Å². The second-order valence-electron chi connectivity index (χ2n) is 6.05. The first-order valence-electron chi connectivity index (χ1n) is 8.20. The molecule has 0 unspecified atom stereocenters. The molecule has 1 N–H and O–H groups in total. The quantitative estimate of drug-likeness (QED) is 0.533. The van der Waals surface area contributed by atoms with Crippen molar-refractivity contribution in [1.82, 2.24) is 5.32 Å². The Morgan fingerprint density at radius 2 is 1.52 bits per heavy atom. The lowest BCUT2D eigenvalue weighted by Crippen LogP contribution is -2.55. The summed E-state index contributed by atoms with van der Waals surface area (Å²) in [6.45, 7) is 5.82. The molecule has 0 aliphatic rings. The molecule has 0 saturated carbocycles. The number of hydrogen-bond acceptors (Lipinski definition) is 5. The fourth-order valence-electron chi connectivity index (χ4n) is 2.43. The fourth-order valence-corrected chi connectivity index (χ4v) is 2.43. The van der Waals surface area contributed by atoms with Gasteiger partial charge in [-0.1, -0.05) is 36.6 Å². The average Bonchev–Trinajstić information content (AvgIpc) is 2.56. The number of ether oxygens (including phenoxy) is 2. The number of aryl methyl sites for hydroxylation is 1. The zero-order valence-corrected chi connectivity index (χ0v) is 15.3. The van der Waals surface area contributed by atoms with Crippen LogP contribution in [-0.4, -0.2) is 43.9 Å². The Morgan fingerprint density at radius 3 is 1.92 bits per heavy atom. The van der Waals surface area contributed by atoms with Crippen LogP contribution < -0.4 is 10.8 Å². The van der Waals surface area contributed by atoms with Crippen LogP contribution in [0.1, 0.15) is 32.8 Å². The Labute approximate surface area is 149 Å². The lowest BCUT2D eigenvalue weighted by molar-refractivity contribution is -0.150. The maximum absolute atomic E-state index is 11.6. The third-order valence-corrected chi connectivity index (χ3v) is 3.75. The summed E-state index contributed by atoms with van der Waals surface area (Å²) in [6.07, 6.45) is 1.09. The molecule has 0 saturated heterocycles. The number of benzene rings is 1. The molecule has 6 nitrogen and oxygen atoms in total. The Morgan fingerprint density at radius 1 is 1.00 bits per heavy atom. The van der Waals surface area contributed by atoms with Crippen molar-refractivity contribution >= 4 is 30.6 Å². The van der Waals surface area contributed by atoms with E-state index in [1.165, 1.54) is 20.8 Å². The molecule has 0 spiro atoms. The molecular weight excluding hydrogens is 321 g/mol. The van der Waals surface area contributed by atoms with Crippen molar-refractivity contribution in [2.75, 3.05) is 13.2 Å². The minimum atomic E-state index is -0.960. The van der Waals surface area contributed by atoms with Gasteiger partial charge in [-0.25, -0.2) is 0 Å². The molecule has 25 heavy (non-hydrogen) atoms. The highest BCUT2D eigenvalue weighted by atomic mass is 16.5. The van der Waals surface area contributed by atoms with Gasteiger partial charge in [-0.15, -0.1) is 0 Å². The molecule has 0 aromatic heterocycles. The van der Waals surface area contributed by atoms with E-state index >= 15 is 0 Å². The zero-order chi connectivity index (χ0) is 18.9. The van der Waals surface area contributed by atoms with E-state index < -0.39 is 17.5 Å². The number of carbonyl (C=O) groups excluding carboxylic acids is 3. The number of hydrogen-bond donors (Lipinski definition) is 1. The van der Waals surface area contributed by atoms with Crippen LogP contribution in [0, 0.1) is 0 Å². The Hall–Kier alpha value is -2.31. The summed E-state index contributed by atoms with van der Waals surface area (Å²) in [5.74, 6) is -1.20. The van der Waals surface area contributed by atoms with Crippen LogP contribution in [0.15, 0.2) is 24.3 Å². The van der Waals surface area contributed by atoms with E-state index in [4.69, 9.17) is 9.47 Å². The van der Waals surface area contributed by atoms with E-state index in [1.807, 2.05) is 38.4 Å². The summed E-state index contributed by atoms with van der Waals surface area (Å²) in [5.41, 5.74) is 1.24. The van der Waals surface area contributed by atoms with Crippen LogP contribution in [0.2, 0.25) is 6.82 Å². The molecule has 0 aliphatic carbocycles. The van der Waals surface area contributed by atoms with Gasteiger partial charge in [0.2, 0.25) is 5.91 Å². The van der Waals surface area contributed by atoms with Crippen LogP contribution >= 0.6 is 0 Å². The van der Waals surface area contributed by atoms with Gasteiger partial charge in [-0.05, 0) is 18.4 Å². The molecule has 1 amide bonds. The lowest BCUT2D eigenvalue weighted by Gasteiger charge is -2.33. The molecule has 0 fully saturated rings. The van der Waals surface area contributed by atoms with E-state index in [-0.39, 0.29) is 19.1 Å². The maximum atomic E-state index is 11.6. The van der Waals surface area contributed by atoms with Gasteiger partial charge < -0.3 is 14.8 Å². The van der Waals surface area contributed by atoms with Gasteiger partial charge in [0.15, 0.2) is 0 Å². The van der Waals surface area contributed by atoms with Gasteiger partial charge in [0.1, 0.15) is 26.0 Å². The SMILES string of the molecule is C[B]c1ccc(CCC(COC(C)=O)(COC(C)=O)NC(C)=O)cc1. The summed E-state index contributed by atoms with van der Waals surface area (Å²) in [4.78, 5) is 34.1. The van der Waals surface area contributed by atoms with Gasteiger partial charge in [0.05, 0.1) is 0 Å². The molecule has 1 aromatic carbocycles. The van der Waals surface area contributed by atoms with Crippen LogP contribution in [0.4, 0.5) is 0 Å². The first-order chi connectivity index (χ1) is 11.8. The van der Waals surface area contributed by atoms with Crippen molar-refractivity contribution in [3.05, 3.63) is 29.8 Å². The summed E-state index contributed by atoms with van der Waals surface area (Å²) < 4.78 is 10.2. The third kappa shape index (κ3) is 7.87. The van der Waals surface area contributed by atoms with Gasteiger partial charge >= 0.3 is 11.9 Å². The number of rotatable bonds is 9. The average molecular weight is 346 g/mol. The van der Waals surface area contributed by atoms with Gasteiger partial charge in [0, 0.05) is 20.8 Å². The minimum absolute atomic E-state index is 0.0595. The van der Waals surface area contributed by atoms with E-state index in [1.54, 1.807) is 0 Å². The lowest BCUT2D eigenvalue weighted by atomic mass is 9.73. The molecule has 1 radical (unpaired) electrons. The van der Waals surface area contributed by atoms with Gasteiger partial charge in [0.25, 0.3) is 0 Å². The largest absolute Gasteiger partial charge is 0.463 e. The number of nitrogens with one attached hydrogen (secondary N) is 1.